The van der Waals surface area contributed by atoms with Crippen LogP contribution in [0.15, 0.2) is 42.5 Å². The summed E-state index contributed by atoms with van der Waals surface area (Å²) < 4.78 is 5.40. The van der Waals surface area contributed by atoms with E-state index in [0.717, 1.165) is 17.7 Å². The van der Waals surface area contributed by atoms with Crippen LogP contribution in [0.5, 0.6) is 11.5 Å². The number of phenols is 1. The van der Waals surface area contributed by atoms with Crippen molar-refractivity contribution in [3.63, 3.8) is 0 Å². The first-order valence-electron chi connectivity index (χ1n) is 7.55. The molecule has 5 nitrogen and oxygen atoms in total. The summed E-state index contributed by atoms with van der Waals surface area (Å²) in [5, 5.41) is 16.2. The third-order valence-electron chi connectivity index (χ3n) is 3.57. The molecule has 2 rings (SSSR count). The number of rotatable bonds is 6. The van der Waals surface area contributed by atoms with Gasteiger partial charge in [0.05, 0.1) is 18.8 Å². The normalized spacial score (nSPS) is 11.6. The fraction of sp³-hybridized carbons (Fsp3) is 0.278. The zero-order valence-electron chi connectivity index (χ0n) is 13.6. The maximum Gasteiger partial charge on any atom is 0.221 e. The first kappa shape index (κ1) is 16.7. The molecule has 1 amide bonds. The van der Waals surface area contributed by atoms with Crippen molar-refractivity contribution >= 4 is 17.3 Å². The van der Waals surface area contributed by atoms with Crippen LogP contribution >= 0.6 is 0 Å². The van der Waals surface area contributed by atoms with E-state index in [9.17, 15) is 9.90 Å². The molecule has 0 aromatic heterocycles. The zero-order chi connectivity index (χ0) is 16.8. The van der Waals surface area contributed by atoms with Gasteiger partial charge in [-0.1, -0.05) is 25.1 Å². The molecule has 2 aromatic carbocycles. The predicted molar refractivity (Wildman–Crippen MR) is 92.1 cm³/mol. The van der Waals surface area contributed by atoms with E-state index >= 15 is 0 Å². The highest BCUT2D eigenvalue weighted by Crippen LogP contribution is 2.34. The van der Waals surface area contributed by atoms with E-state index in [1.807, 2.05) is 31.2 Å². The number of ether oxygens (including phenoxy) is 1. The molecule has 0 aliphatic heterocycles. The van der Waals surface area contributed by atoms with E-state index in [-0.39, 0.29) is 17.7 Å². The molecule has 0 heterocycles. The first-order valence-corrected chi connectivity index (χ1v) is 7.55. The molecule has 0 aliphatic carbocycles. The van der Waals surface area contributed by atoms with Crippen molar-refractivity contribution in [1.82, 2.24) is 0 Å². The minimum absolute atomic E-state index is 0.0447. The summed E-state index contributed by atoms with van der Waals surface area (Å²) in [7, 11) is 1.58. The average molecular weight is 314 g/mol. The highest BCUT2D eigenvalue weighted by atomic mass is 16.5. The molecule has 0 spiro atoms. The van der Waals surface area contributed by atoms with Gasteiger partial charge in [0.25, 0.3) is 0 Å². The lowest BCUT2D eigenvalue weighted by Gasteiger charge is -2.21. The van der Waals surface area contributed by atoms with Crippen LogP contribution in [-0.4, -0.2) is 18.1 Å². The monoisotopic (exact) mass is 314 g/mol. The summed E-state index contributed by atoms with van der Waals surface area (Å²) in [5.74, 6) is 0.763. The molecule has 23 heavy (non-hydrogen) atoms. The lowest BCUT2D eigenvalue weighted by atomic mass is 10.0. The van der Waals surface area contributed by atoms with Crippen LogP contribution in [0.1, 0.15) is 31.9 Å². The molecule has 0 fully saturated rings. The van der Waals surface area contributed by atoms with E-state index in [2.05, 4.69) is 10.6 Å². The molecule has 0 saturated carbocycles. The van der Waals surface area contributed by atoms with Gasteiger partial charge in [-0.2, -0.15) is 0 Å². The summed E-state index contributed by atoms with van der Waals surface area (Å²) in [4.78, 5) is 11.1. The van der Waals surface area contributed by atoms with Crippen LogP contribution in [0.3, 0.4) is 0 Å². The third kappa shape index (κ3) is 4.16. The van der Waals surface area contributed by atoms with E-state index in [4.69, 9.17) is 4.74 Å². The van der Waals surface area contributed by atoms with Gasteiger partial charge in [0.2, 0.25) is 5.91 Å². The maximum absolute atomic E-state index is 11.1. The molecule has 1 unspecified atom stereocenters. The van der Waals surface area contributed by atoms with Crippen molar-refractivity contribution in [2.24, 2.45) is 0 Å². The molecule has 3 N–H and O–H groups in total. The average Bonchev–Trinajstić information content (AvgIpc) is 2.53. The molecule has 5 heteroatoms. The quantitative estimate of drug-likeness (QED) is 0.755. The number of carbonyl (C=O) groups excluding carboxylic acids is 1. The van der Waals surface area contributed by atoms with Crippen molar-refractivity contribution in [3.05, 3.63) is 48.0 Å². The van der Waals surface area contributed by atoms with Gasteiger partial charge in [0.15, 0.2) is 0 Å². The van der Waals surface area contributed by atoms with Gasteiger partial charge in [-0.05, 0) is 24.6 Å². The second-order valence-corrected chi connectivity index (χ2v) is 5.26. The Morgan fingerprint density at radius 3 is 2.61 bits per heavy atom. The van der Waals surface area contributed by atoms with Crippen LogP contribution in [0.2, 0.25) is 0 Å². The number of hydrogen-bond donors (Lipinski definition) is 3. The van der Waals surface area contributed by atoms with Crippen LogP contribution in [-0.2, 0) is 4.79 Å². The van der Waals surface area contributed by atoms with Gasteiger partial charge in [-0.25, -0.2) is 0 Å². The molecule has 0 radical (unpaired) electrons. The second kappa shape index (κ2) is 7.54. The Kier molecular flexibility index (Phi) is 5.46. The highest BCUT2D eigenvalue weighted by molar-refractivity contribution is 5.89. The van der Waals surface area contributed by atoms with E-state index in [1.165, 1.54) is 6.92 Å². The van der Waals surface area contributed by atoms with Crippen LogP contribution in [0.4, 0.5) is 11.4 Å². The van der Waals surface area contributed by atoms with E-state index < -0.39 is 0 Å². The lowest BCUT2D eigenvalue weighted by molar-refractivity contribution is -0.114. The maximum atomic E-state index is 11.1. The summed E-state index contributed by atoms with van der Waals surface area (Å²) in [6.45, 7) is 3.51. The molecule has 2 aromatic rings. The molecule has 1 atom stereocenters. The van der Waals surface area contributed by atoms with Gasteiger partial charge in [-0.15, -0.1) is 0 Å². The van der Waals surface area contributed by atoms with E-state index in [0.29, 0.717) is 11.4 Å². The Balaban J connectivity index is 2.27. The number of benzene rings is 2. The number of methoxy groups -OCH3 is 1. The summed E-state index contributed by atoms with van der Waals surface area (Å²) in [6, 6.07) is 12.7. The van der Waals surface area contributed by atoms with Gasteiger partial charge in [0.1, 0.15) is 11.5 Å². The van der Waals surface area contributed by atoms with E-state index in [1.54, 1.807) is 25.3 Å². The number of hydrogen-bond acceptors (Lipinski definition) is 4. The second-order valence-electron chi connectivity index (χ2n) is 5.26. The minimum Gasteiger partial charge on any atom is -0.508 e. The lowest BCUT2D eigenvalue weighted by Crippen LogP contribution is -2.11. The first-order chi connectivity index (χ1) is 11.0. The number of phenolic OH excluding ortho intramolecular Hbond substituents is 1. The fourth-order valence-corrected chi connectivity index (χ4v) is 2.46. The van der Waals surface area contributed by atoms with Crippen molar-refractivity contribution in [2.75, 3.05) is 17.7 Å². The number of anilines is 2. The number of carbonyl (C=O) groups is 1. The fourth-order valence-electron chi connectivity index (χ4n) is 2.46. The van der Waals surface area contributed by atoms with Crippen molar-refractivity contribution in [3.8, 4) is 11.5 Å². The molecular formula is C18H22N2O3. The molecule has 122 valence electrons. The van der Waals surface area contributed by atoms with Gasteiger partial charge < -0.3 is 20.5 Å². The third-order valence-corrected chi connectivity index (χ3v) is 3.57. The van der Waals surface area contributed by atoms with Crippen LogP contribution < -0.4 is 15.4 Å². The van der Waals surface area contributed by atoms with Crippen molar-refractivity contribution < 1.29 is 14.6 Å². The predicted octanol–water partition coefficient (Wildman–Crippen LogP) is 3.92. The van der Waals surface area contributed by atoms with Gasteiger partial charge in [-0.3, -0.25) is 4.79 Å². The molecule has 0 saturated heterocycles. The Bertz CT molecular complexity index is 686. The highest BCUT2D eigenvalue weighted by Gasteiger charge is 2.15. The molecule has 0 aliphatic rings. The smallest absolute Gasteiger partial charge is 0.221 e. The van der Waals surface area contributed by atoms with Crippen molar-refractivity contribution in [2.45, 2.75) is 26.3 Å². The SMILES string of the molecule is CCC(Nc1ccc(NC(C)=O)cc1OC)c1ccccc1O. The van der Waals surface area contributed by atoms with Crippen LogP contribution in [0.25, 0.3) is 0 Å². The Hall–Kier alpha value is -2.69. The molecular weight excluding hydrogens is 292 g/mol. The number of amides is 1. The number of para-hydroxylation sites is 1. The Morgan fingerprint density at radius 2 is 2.00 bits per heavy atom. The largest absolute Gasteiger partial charge is 0.508 e. The standard InChI is InChI=1S/C18H22N2O3/c1-4-15(14-7-5-6-8-17(14)22)20-16-10-9-13(19-12(2)21)11-18(16)23-3/h5-11,15,20,22H,4H2,1-3H3,(H,19,21). The summed E-state index contributed by atoms with van der Waals surface area (Å²) in [6.07, 6.45) is 0.800. The zero-order valence-corrected chi connectivity index (χ0v) is 13.6. The topological polar surface area (TPSA) is 70.6 Å². The molecule has 0 bridgehead atoms. The van der Waals surface area contributed by atoms with Gasteiger partial charge in [0, 0.05) is 24.2 Å². The summed E-state index contributed by atoms with van der Waals surface area (Å²) >= 11 is 0. The minimum atomic E-state index is -0.131. The Labute approximate surface area is 136 Å². The number of aromatic hydroxyl groups is 1. The van der Waals surface area contributed by atoms with Crippen molar-refractivity contribution in [1.29, 1.82) is 0 Å². The Morgan fingerprint density at radius 1 is 1.26 bits per heavy atom. The van der Waals surface area contributed by atoms with Crippen LogP contribution in [0, 0.1) is 0 Å². The summed E-state index contributed by atoms with van der Waals surface area (Å²) in [5.41, 5.74) is 2.32. The number of nitrogens with one attached hydrogen (secondary N) is 2. The van der Waals surface area contributed by atoms with Gasteiger partial charge >= 0.3 is 0 Å².